The van der Waals surface area contributed by atoms with Crippen LogP contribution in [0.4, 0.5) is 0 Å². The van der Waals surface area contributed by atoms with Crippen molar-refractivity contribution in [2.75, 3.05) is 20.8 Å². The molecule has 172 valence electrons. The number of aryl methyl sites for hydroxylation is 1. The predicted octanol–water partition coefficient (Wildman–Crippen LogP) is 4.90. The van der Waals surface area contributed by atoms with Gasteiger partial charge in [0.05, 0.1) is 25.4 Å². The van der Waals surface area contributed by atoms with Crippen molar-refractivity contribution < 1.29 is 19.0 Å². The standard InChI is InChI=1S/C27H30N2O4/c1-17-6-7-18-14-20(16-29(21-9-10-21)27(30)24-5-4-12-33-24)26(28-22(18)13-17)19-8-11-23(31-2)25(15-19)32-3/h6-8,11,13-15,21,24H,4-5,9-10,12,16H2,1-3H3/t24-/m1/s1. The molecule has 1 amide bonds. The van der Waals surface area contributed by atoms with Crippen molar-refractivity contribution in [2.24, 2.45) is 0 Å². The summed E-state index contributed by atoms with van der Waals surface area (Å²) in [5.41, 5.74) is 4.92. The molecule has 3 aromatic rings. The summed E-state index contributed by atoms with van der Waals surface area (Å²) in [7, 11) is 3.26. The van der Waals surface area contributed by atoms with E-state index in [4.69, 9.17) is 19.2 Å². The second-order valence-corrected chi connectivity index (χ2v) is 8.96. The number of hydrogen-bond acceptors (Lipinski definition) is 5. The maximum absolute atomic E-state index is 13.3. The van der Waals surface area contributed by atoms with Gasteiger partial charge in [0.25, 0.3) is 5.91 Å². The number of amides is 1. The van der Waals surface area contributed by atoms with Gasteiger partial charge in [-0.2, -0.15) is 0 Å². The van der Waals surface area contributed by atoms with Crippen LogP contribution in [0, 0.1) is 6.92 Å². The van der Waals surface area contributed by atoms with E-state index >= 15 is 0 Å². The summed E-state index contributed by atoms with van der Waals surface area (Å²) < 4.78 is 16.7. The summed E-state index contributed by atoms with van der Waals surface area (Å²) in [6.07, 6.45) is 3.53. The van der Waals surface area contributed by atoms with Crippen LogP contribution >= 0.6 is 0 Å². The maximum atomic E-state index is 13.3. The molecule has 1 atom stereocenters. The Hall–Kier alpha value is -3.12. The van der Waals surface area contributed by atoms with Gasteiger partial charge in [0.1, 0.15) is 6.10 Å². The van der Waals surface area contributed by atoms with Gasteiger partial charge >= 0.3 is 0 Å². The molecule has 0 bridgehead atoms. The molecule has 1 saturated heterocycles. The monoisotopic (exact) mass is 446 g/mol. The van der Waals surface area contributed by atoms with E-state index in [-0.39, 0.29) is 18.1 Å². The Labute approximate surface area is 194 Å². The zero-order valence-corrected chi connectivity index (χ0v) is 19.5. The molecule has 1 aliphatic heterocycles. The summed E-state index contributed by atoms with van der Waals surface area (Å²) in [5.74, 6) is 1.44. The highest BCUT2D eigenvalue weighted by Gasteiger charge is 2.37. The molecule has 0 radical (unpaired) electrons. The van der Waals surface area contributed by atoms with E-state index in [2.05, 4.69) is 31.2 Å². The van der Waals surface area contributed by atoms with Crippen LogP contribution in [-0.4, -0.2) is 48.8 Å². The van der Waals surface area contributed by atoms with E-state index < -0.39 is 0 Å². The minimum absolute atomic E-state index is 0.109. The Morgan fingerprint density at radius 3 is 2.58 bits per heavy atom. The molecule has 2 fully saturated rings. The first kappa shape index (κ1) is 21.7. The number of rotatable bonds is 7. The molecule has 0 N–H and O–H groups in total. The van der Waals surface area contributed by atoms with E-state index in [1.807, 2.05) is 23.1 Å². The molecule has 2 heterocycles. The largest absolute Gasteiger partial charge is 0.493 e. The lowest BCUT2D eigenvalue weighted by Gasteiger charge is -2.26. The number of pyridine rings is 1. The minimum Gasteiger partial charge on any atom is -0.493 e. The van der Waals surface area contributed by atoms with Crippen LogP contribution in [0.1, 0.15) is 36.8 Å². The Balaban J connectivity index is 1.59. The second kappa shape index (κ2) is 9.02. The smallest absolute Gasteiger partial charge is 0.252 e. The lowest BCUT2D eigenvalue weighted by atomic mass is 10.0. The lowest BCUT2D eigenvalue weighted by molar-refractivity contribution is -0.142. The summed E-state index contributed by atoms with van der Waals surface area (Å²) in [6, 6.07) is 14.6. The second-order valence-electron chi connectivity index (χ2n) is 8.96. The van der Waals surface area contributed by atoms with Crippen LogP contribution in [0.3, 0.4) is 0 Å². The van der Waals surface area contributed by atoms with Gasteiger partial charge in [-0.15, -0.1) is 0 Å². The Kier molecular flexibility index (Phi) is 5.94. The van der Waals surface area contributed by atoms with E-state index in [9.17, 15) is 4.79 Å². The molecule has 5 rings (SSSR count). The summed E-state index contributed by atoms with van der Waals surface area (Å²) in [6.45, 7) is 3.26. The van der Waals surface area contributed by atoms with E-state index in [1.165, 1.54) is 0 Å². The topological polar surface area (TPSA) is 60.9 Å². The normalized spacial score (nSPS) is 17.8. The van der Waals surface area contributed by atoms with Gasteiger partial charge in [0.15, 0.2) is 11.5 Å². The molecule has 6 nitrogen and oxygen atoms in total. The van der Waals surface area contributed by atoms with Crippen LogP contribution in [0.2, 0.25) is 0 Å². The van der Waals surface area contributed by atoms with Crippen LogP contribution < -0.4 is 9.47 Å². The minimum atomic E-state index is -0.314. The first-order valence-electron chi connectivity index (χ1n) is 11.6. The third-order valence-corrected chi connectivity index (χ3v) is 6.53. The molecule has 1 aliphatic carbocycles. The average Bonchev–Trinajstić information content (AvgIpc) is 3.53. The van der Waals surface area contributed by atoms with E-state index in [0.717, 1.165) is 59.0 Å². The van der Waals surface area contributed by atoms with Crippen molar-refractivity contribution in [3.05, 3.63) is 53.6 Å². The number of ether oxygens (including phenoxy) is 3. The lowest BCUT2D eigenvalue weighted by Crippen LogP contribution is -2.40. The summed E-state index contributed by atoms with van der Waals surface area (Å²) in [5, 5.41) is 1.07. The molecule has 2 aliphatic rings. The van der Waals surface area contributed by atoms with Gasteiger partial charge in [0.2, 0.25) is 0 Å². The molecular weight excluding hydrogens is 416 g/mol. The third kappa shape index (κ3) is 4.40. The van der Waals surface area contributed by atoms with Crippen molar-refractivity contribution in [3.8, 4) is 22.8 Å². The number of carbonyl (C=O) groups excluding carboxylic acids is 1. The summed E-state index contributed by atoms with van der Waals surface area (Å²) in [4.78, 5) is 20.4. The summed E-state index contributed by atoms with van der Waals surface area (Å²) >= 11 is 0. The van der Waals surface area contributed by atoms with Crippen molar-refractivity contribution in [1.82, 2.24) is 9.88 Å². The van der Waals surface area contributed by atoms with Crippen molar-refractivity contribution in [1.29, 1.82) is 0 Å². The fourth-order valence-corrected chi connectivity index (χ4v) is 4.59. The van der Waals surface area contributed by atoms with Crippen LogP contribution in [0.15, 0.2) is 42.5 Å². The predicted molar refractivity (Wildman–Crippen MR) is 128 cm³/mol. The maximum Gasteiger partial charge on any atom is 0.252 e. The van der Waals surface area contributed by atoms with E-state index in [0.29, 0.717) is 24.7 Å². The Bertz CT molecular complexity index is 1180. The first-order chi connectivity index (χ1) is 16.1. The third-order valence-electron chi connectivity index (χ3n) is 6.53. The number of nitrogens with zero attached hydrogens (tertiary/aromatic N) is 2. The van der Waals surface area contributed by atoms with Gasteiger partial charge in [-0.05, 0) is 74.1 Å². The molecule has 1 aromatic heterocycles. The molecule has 33 heavy (non-hydrogen) atoms. The van der Waals surface area contributed by atoms with Crippen molar-refractivity contribution in [2.45, 2.75) is 51.3 Å². The fourth-order valence-electron chi connectivity index (χ4n) is 4.59. The molecular formula is C27H30N2O4. The first-order valence-corrected chi connectivity index (χ1v) is 11.6. The van der Waals surface area contributed by atoms with Crippen molar-refractivity contribution in [3.63, 3.8) is 0 Å². The highest BCUT2D eigenvalue weighted by atomic mass is 16.5. The number of aromatic nitrogens is 1. The highest BCUT2D eigenvalue weighted by Crippen LogP contribution is 2.36. The Morgan fingerprint density at radius 1 is 1.06 bits per heavy atom. The number of hydrogen-bond donors (Lipinski definition) is 0. The molecule has 2 aromatic carbocycles. The quantitative estimate of drug-likeness (QED) is 0.517. The van der Waals surface area contributed by atoms with Gasteiger partial charge in [0, 0.05) is 30.1 Å². The van der Waals surface area contributed by atoms with Gasteiger partial charge < -0.3 is 19.1 Å². The molecule has 0 unspecified atom stereocenters. The molecule has 0 spiro atoms. The van der Waals surface area contributed by atoms with Gasteiger partial charge in [-0.1, -0.05) is 12.1 Å². The van der Waals surface area contributed by atoms with Gasteiger partial charge in [-0.25, -0.2) is 4.98 Å². The van der Waals surface area contributed by atoms with Crippen LogP contribution in [-0.2, 0) is 16.1 Å². The van der Waals surface area contributed by atoms with Gasteiger partial charge in [-0.3, -0.25) is 4.79 Å². The zero-order chi connectivity index (χ0) is 22.9. The average molecular weight is 447 g/mol. The fraction of sp³-hybridized carbons (Fsp3) is 0.407. The number of carbonyl (C=O) groups is 1. The number of fused-ring (bicyclic) bond motifs is 1. The Morgan fingerprint density at radius 2 is 1.88 bits per heavy atom. The van der Waals surface area contributed by atoms with Crippen LogP contribution in [0.5, 0.6) is 11.5 Å². The molecule has 6 heteroatoms. The molecule has 1 saturated carbocycles. The number of benzene rings is 2. The highest BCUT2D eigenvalue weighted by molar-refractivity contribution is 5.85. The van der Waals surface area contributed by atoms with Crippen molar-refractivity contribution >= 4 is 16.8 Å². The van der Waals surface area contributed by atoms with Crippen LogP contribution in [0.25, 0.3) is 22.2 Å². The SMILES string of the molecule is COc1ccc(-c2nc3cc(C)ccc3cc2CN(C(=O)[C@H]2CCCO2)C2CC2)cc1OC. The number of methoxy groups -OCH3 is 2. The zero-order valence-electron chi connectivity index (χ0n) is 19.5. The van der Waals surface area contributed by atoms with E-state index in [1.54, 1.807) is 14.2 Å².